The Balaban J connectivity index is 1.63. The molecule has 3 rings (SSSR count). The first-order chi connectivity index (χ1) is 18.3. The van der Waals surface area contributed by atoms with E-state index < -0.39 is 12.2 Å². The fourth-order valence-corrected chi connectivity index (χ4v) is 4.41. The molecule has 0 radical (unpaired) electrons. The predicted octanol–water partition coefficient (Wildman–Crippen LogP) is 2.62. The number of aromatic hydroxyl groups is 2. The van der Waals surface area contributed by atoms with Gasteiger partial charge in [0.15, 0.2) is 23.0 Å². The third kappa shape index (κ3) is 8.92. The van der Waals surface area contributed by atoms with Gasteiger partial charge in [-0.1, -0.05) is 13.0 Å². The highest BCUT2D eigenvalue weighted by Crippen LogP contribution is 2.42. The van der Waals surface area contributed by atoms with Crippen molar-refractivity contribution < 1.29 is 39.4 Å². The van der Waals surface area contributed by atoms with E-state index in [2.05, 4.69) is 10.6 Å². The second-order valence-electron chi connectivity index (χ2n) is 9.58. The molecular weight excluding hydrogens is 492 g/mol. The molecule has 0 aliphatic carbocycles. The zero-order valence-corrected chi connectivity index (χ0v) is 22.5. The number of methoxy groups -OCH3 is 1. The highest BCUT2D eigenvalue weighted by atomic mass is 16.5. The number of rotatable bonds is 15. The molecule has 6 N–H and O–H groups in total. The van der Waals surface area contributed by atoms with E-state index in [9.17, 15) is 20.4 Å². The number of hydrogen-bond acceptors (Lipinski definition) is 10. The SMILES string of the molecule is CCNCCOc1cc(C2CC(O)CC(CCc3ccc(O)c(OCNCC(C)O)c3)O2)cc(OC)c1O. The van der Waals surface area contributed by atoms with Crippen LogP contribution in [0.25, 0.3) is 0 Å². The maximum absolute atomic E-state index is 10.6. The first-order valence-electron chi connectivity index (χ1n) is 13.2. The fourth-order valence-electron chi connectivity index (χ4n) is 4.41. The number of aliphatic hydroxyl groups is 2. The predicted molar refractivity (Wildman–Crippen MR) is 143 cm³/mol. The third-order valence-electron chi connectivity index (χ3n) is 6.37. The Labute approximate surface area is 224 Å². The second-order valence-corrected chi connectivity index (χ2v) is 9.58. The molecule has 0 saturated carbocycles. The van der Waals surface area contributed by atoms with E-state index >= 15 is 0 Å². The van der Waals surface area contributed by atoms with Gasteiger partial charge in [0.25, 0.3) is 0 Å². The molecule has 10 heteroatoms. The van der Waals surface area contributed by atoms with Crippen molar-refractivity contribution in [3.05, 3.63) is 41.5 Å². The summed E-state index contributed by atoms with van der Waals surface area (Å²) in [5.74, 6) is 0.951. The van der Waals surface area contributed by atoms with Gasteiger partial charge in [-0.2, -0.15) is 0 Å². The number of phenols is 2. The summed E-state index contributed by atoms with van der Waals surface area (Å²) in [6.07, 6.45) is 0.688. The molecule has 10 nitrogen and oxygen atoms in total. The number of likely N-dealkylation sites (N-methyl/N-ethyl adjacent to an activating group) is 1. The quantitative estimate of drug-likeness (QED) is 0.149. The highest BCUT2D eigenvalue weighted by Gasteiger charge is 2.30. The molecule has 38 heavy (non-hydrogen) atoms. The van der Waals surface area contributed by atoms with Crippen LogP contribution in [-0.2, 0) is 11.2 Å². The van der Waals surface area contributed by atoms with Gasteiger partial charge in [-0.25, -0.2) is 0 Å². The van der Waals surface area contributed by atoms with Crippen molar-refractivity contribution in [2.45, 2.75) is 63.9 Å². The van der Waals surface area contributed by atoms with Gasteiger partial charge in [-0.15, -0.1) is 0 Å². The molecular formula is C28H42N2O8. The molecule has 2 aromatic carbocycles. The number of nitrogens with one attached hydrogen (secondary N) is 2. The zero-order valence-electron chi connectivity index (χ0n) is 22.5. The Kier molecular flexibility index (Phi) is 11.8. The van der Waals surface area contributed by atoms with Gasteiger partial charge in [0, 0.05) is 19.5 Å². The summed E-state index contributed by atoms with van der Waals surface area (Å²) in [7, 11) is 1.49. The molecule has 0 bridgehead atoms. The summed E-state index contributed by atoms with van der Waals surface area (Å²) in [5, 5.41) is 46.7. The van der Waals surface area contributed by atoms with Crippen LogP contribution >= 0.6 is 0 Å². The lowest BCUT2D eigenvalue weighted by atomic mass is 9.93. The lowest BCUT2D eigenvalue weighted by Gasteiger charge is -2.34. The van der Waals surface area contributed by atoms with Crippen LogP contribution in [0, 0.1) is 0 Å². The maximum atomic E-state index is 10.6. The largest absolute Gasteiger partial charge is 0.504 e. The van der Waals surface area contributed by atoms with E-state index in [0.717, 1.165) is 17.7 Å². The minimum atomic E-state index is -0.532. The number of aryl methyl sites for hydroxylation is 1. The summed E-state index contributed by atoms with van der Waals surface area (Å²) < 4.78 is 23.1. The van der Waals surface area contributed by atoms with Crippen LogP contribution in [0.1, 0.15) is 50.3 Å². The van der Waals surface area contributed by atoms with Gasteiger partial charge < -0.3 is 44.7 Å². The average molecular weight is 535 g/mol. The van der Waals surface area contributed by atoms with Crippen molar-refractivity contribution in [1.82, 2.24) is 10.6 Å². The summed E-state index contributed by atoms with van der Waals surface area (Å²) in [6.45, 7) is 6.10. The average Bonchev–Trinajstić information content (AvgIpc) is 2.89. The van der Waals surface area contributed by atoms with E-state index in [0.29, 0.717) is 62.6 Å². The van der Waals surface area contributed by atoms with E-state index in [1.165, 1.54) is 7.11 Å². The van der Waals surface area contributed by atoms with Crippen LogP contribution in [0.5, 0.6) is 28.7 Å². The molecule has 1 aliphatic rings. The van der Waals surface area contributed by atoms with E-state index in [1.54, 1.807) is 31.2 Å². The Bertz CT molecular complexity index is 1000. The monoisotopic (exact) mass is 534 g/mol. The Morgan fingerprint density at radius 2 is 1.84 bits per heavy atom. The second kappa shape index (κ2) is 15.0. The molecule has 1 saturated heterocycles. The first kappa shape index (κ1) is 29.8. The van der Waals surface area contributed by atoms with Crippen molar-refractivity contribution in [2.75, 3.05) is 40.1 Å². The van der Waals surface area contributed by atoms with Crippen LogP contribution in [0.3, 0.4) is 0 Å². The molecule has 0 aromatic heterocycles. The van der Waals surface area contributed by atoms with Gasteiger partial charge >= 0.3 is 0 Å². The topological polar surface area (TPSA) is 142 Å². The normalized spacial score (nSPS) is 20.2. The lowest BCUT2D eigenvalue weighted by Crippen LogP contribution is -2.31. The number of hydrogen-bond donors (Lipinski definition) is 6. The van der Waals surface area contributed by atoms with Gasteiger partial charge in [-0.05, 0) is 68.1 Å². The number of benzene rings is 2. The zero-order chi connectivity index (χ0) is 27.5. The van der Waals surface area contributed by atoms with Crippen molar-refractivity contribution in [2.24, 2.45) is 0 Å². The third-order valence-corrected chi connectivity index (χ3v) is 6.37. The Morgan fingerprint density at radius 1 is 1.05 bits per heavy atom. The van der Waals surface area contributed by atoms with Crippen molar-refractivity contribution in [3.8, 4) is 28.7 Å². The van der Waals surface area contributed by atoms with Crippen LogP contribution in [0.4, 0.5) is 0 Å². The van der Waals surface area contributed by atoms with Gasteiger partial charge in [0.2, 0.25) is 5.75 Å². The molecule has 0 spiro atoms. The van der Waals surface area contributed by atoms with E-state index in [4.69, 9.17) is 18.9 Å². The molecule has 0 amide bonds. The van der Waals surface area contributed by atoms with Crippen LogP contribution in [-0.4, -0.2) is 78.8 Å². The number of phenolic OH excluding ortho intramolecular Hbond substituents is 2. The standard InChI is InChI=1S/C28H42N2O8/c1-4-29-9-10-36-27-13-20(12-26(35-3)28(27)34)24-15-21(32)14-22(38-24)7-5-19-6-8-23(33)25(11-19)37-17-30-16-18(2)31/h6,8,11-13,18,21-22,24,29-34H,4-5,7,9-10,14-17H2,1-3H3. The smallest absolute Gasteiger partial charge is 0.200 e. The summed E-state index contributed by atoms with van der Waals surface area (Å²) in [6, 6.07) is 8.70. The van der Waals surface area contributed by atoms with Crippen molar-refractivity contribution in [1.29, 1.82) is 0 Å². The van der Waals surface area contributed by atoms with Crippen LogP contribution in [0.15, 0.2) is 30.3 Å². The minimum absolute atomic E-state index is 0.0433. The molecule has 2 aromatic rings. The minimum Gasteiger partial charge on any atom is -0.504 e. The van der Waals surface area contributed by atoms with Gasteiger partial charge in [0.1, 0.15) is 13.3 Å². The summed E-state index contributed by atoms with van der Waals surface area (Å²) in [5.41, 5.74) is 1.74. The van der Waals surface area contributed by atoms with Crippen molar-refractivity contribution >= 4 is 0 Å². The molecule has 1 fully saturated rings. The molecule has 212 valence electrons. The maximum Gasteiger partial charge on any atom is 0.200 e. The van der Waals surface area contributed by atoms with E-state index in [1.807, 2.05) is 13.0 Å². The molecule has 4 unspecified atom stereocenters. The number of aliphatic hydroxyl groups excluding tert-OH is 2. The van der Waals surface area contributed by atoms with Crippen LogP contribution < -0.4 is 24.8 Å². The molecule has 4 atom stereocenters. The van der Waals surface area contributed by atoms with Crippen LogP contribution in [0.2, 0.25) is 0 Å². The first-order valence-corrected chi connectivity index (χ1v) is 13.2. The molecule has 1 heterocycles. The highest BCUT2D eigenvalue weighted by molar-refractivity contribution is 5.53. The van der Waals surface area contributed by atoms with Gasteiger partial charge in [-0.3, -0.25) is 5.32 Å². The molecule has 1 aliphatic heterocycles. The summed E-state index contributed by atoms with van der Waals surface area (Å²) >= 11 is 0. The number of ether oxygens (including phenoxy) is 4. The van der Waals surface area contributed by atoms with Crippen molar-refractivity contribution in [3.63, 3.8) is 0 Å². The van der Waals surface area contributed by atoms with E-state index in [-0.39, 0.29) is 30.4 Å². The van der Waals surface area contributed by atoms with Gasteiger partial charge in [0.05, 0.1) is 31.5 Å². The fraction of sp³-hybridized carbons (Fsp3) is 0.571. The lowest BCUT2D eigenvalue weighted by molar-refractivity contribution is -0.0999. The summed E-state index contributed by atoms with van der Waals surface area (Å²) in [4.78, 5) is 0. The Morgan fingerprint density at radius 3 is 2.58 bits per heavy atom. The Hall–Kier alpha value is -2.76.